The van der Waals surface area contributed by atoms with Crippen molar-refractivity contribution in [3.63, 3.8) is 0 Å². The Bertz CT molecular complexity index is 1050. The van der Waals surface area contributed by atoms with E-state index < -0.39 is 10.9 Å². The first-order chi connectivity index (χ1) is 16.2. The molecular formula is C24H28ClN3O6. The van der Waals surface area contributed by atoms with Gasteiger partial charge in [-0.25, -0.2) is 4.79 Å². The van der Waals surface area contributed by atoms with E-state index in [1.165, 1.54) is 12.1 Å². The lowest BCUT2D eigenvalue weighted by Gasteiger charge is -2.36. The molecule has 3 rings (SSSR count). The highest BCUT2D eigenvalue weighted by Gasteiger charge is 2.23. The number of piperazine rings is 1. The van der Waals surface area contributed by atoms with Crippen LogP contribution in [-0.2, 0) is 14.3 Å². The summed E-state index contributed by atoms with van der Waals surface area (Å²) in [5, 5.41) is 11.4. The van der Waals surface area contributed by atoms with Crippen LogP contribution in [0.4, 0.5) is 11.4 Å². The summed E-state index contributed by atoms with van der Waals surface area (Å²) in [4.78, 5) is 38.7. The average molecular weight is 490 g/mol. The number of carbonyl (C=O) groups is 2. The van der Waals surface area contributed by atoms with E-state index in [1.807, 2.05) is 31.7 Å². The van der Waals surface area contributed by atoms with Gasteiger partial charge in [0, 0.05) is 49.0 Å². The lowest BCUT2D eigenvalue weighted by atomic mass is 10.0. The van der Waals surface area contributed by atoms with Crippen LogP contribution >= 0.6 is 11.6 Å². The number of nitro benzene ring substituents is 1. The van der Waals surface area contributed by atoms with Crippen molar-refractivity contribution >= 4 is 34.9 Å². The average Bonchev–Trinajstić information content (AvgIpc) is 2.83. The molecule has 1 heterocycles. The van der Waals surface area contributed by atoms with Crippen LogP contribution in [0.15, 0.2) is 36.4 Å². The molecule has 1 aliphatic rings. The lowest BCUT2D eigenvalue weighted by molar-refractivity contribution is -0.384. The normalized spacial score (nSPS) is 13.7. The van der Waals surface area contributed by atoms with E-state index in [4.69, 9.17) is 21.1 Å². The molecule has 10 heteroatoms. The molecule has 2 aromatic rings. The fraction of sp³-hybridized carbons (Fsp3) is 0.417. The molecule has 0 saturated carbocycles. The second-order valence-corrected chi connectivity index (χ2v) is 8.79. The zero-order valence-corrected chi connectivity index (χ0v) is 20.2. The number of nitro groups is 1. The molecule has 1 amide bonds. The number of carbonyl (C=O) groups excluding carboxylic acids is 2. The summed E-state index contributed by atoms with van der Waals surface area (Å²) in [6.45, 7) is 7.30. The molecule has 1 saturated heterocycles. The highest BCUT2D eigenvalue weighted by atomic mass is 35.5. The molecule has 0 radical (unpaired) electrons. The number of hydrogen-bond donors (Lipinski definition) is 0. The topological polar surface area (TPSA) is 102 Å². The van der Waals surface area contributed by atoms with Gasteiger partial charge in [-0.15, -0.1) is 0 Å². The van der Waals surface area contributed by atoms with Gasteiger partial charge in [-0.1, -0.05) is 25.4 Å². The number of benzene rings is 2. The Labute approximate surface area is 203 Å². The van der Waals surface area contributed by atoms with Gasteiger partial charge in [0.15, 0.2) is 13.2 Å². The molecule has 0 aromatic heterocycles. The number of hydrogen-bond acceptors (Lipinski definition) is 7. The van der Waals surface area contributed by atoms with Gasteiger partial charge >= 0.3 is 5.97 Å². The zero-order valence-electron chi connectivity index (χ0n) is 19.5. The van der Waals surface area contributed by atoms with Crippen LogP contribution < -0.4 is 9.64 Å². The zero-order chi connectivity index (χ0) is 24.8. The SMILES string of the molecule is Cc1cc(OCC(=O)OCC(=O)N2CCN(c3ccc([N+](=O)[O-])cc3)CC2)c(C(C)C)cc1Cl. The van der Waals surface area contributed by atoms with Crippen LogP contribution in [0.5, 0.6) is 5.75 Å². The van der Waals surface area contributed by atoms with Crippen molar-refractivity contribution < 1.29 is 24.0 Å². The molecule has 0 N–H and O–H groups in total. The molecule has 182 valence electrons. The molecule has 0 unspecified atom stereocenters. The summed E-state index contributed by atoms with van der Waals surface area (Å²) in [7, 11) is 0. The molecule has 1 fully saturated rings. The largest absolute Gasteiger partial charge is 0.482 e. The number of ether oxygens (including phenoxy) is 2. The van der Waals surface area contributed by atoms with Crippen molar-refractivity contribution in [1.82, 2.24) is 4.90 Å². The van der Waals surface area contributed by atoms with E-state index in [2.05, 4.69) is 0 Å². The van der Waals surface area contributed by atoms with Gasteiger partial charge < -0.3 is 19.3 Å². The van der Waals surface area contributed by atoms with Crippen LogP contribution in [0, 0.1) is 17.0 Å². The van der Waals surface area contributed by atoms with Crippen molar-refractivity contribution in [3.05, 3.63) is 62.7 Å². The Morgan fingerprint density at radius 3 is 2.32 bits per heavy atom. The summed E-state index contributed by atoms with van der Waals surface area (Å²) >= 11 is 6.20. The van der Waals surface area contributed by atoms with Crippen LogP contribution in [0.1, 0.15) is 30.9 Å². The number of nitrogens with zero attached hydrogens (tertiary/aromatic N) is 3. The number of aryl methyl sites for hydroxylation is 1. The second kappa shape index (κ2) is 11.2. The van der Waals surface area contributed by atoms with E-state index in [-0.39, 0.29) is 30.7 Å². The quantitative estimate of drug-likeness (QED) is 0.314. The summed E-state index contributed by atoms with van der Waals surface area (Å²) in [6.07, 6.45) is 0. The van der Waals surface area contributed by atoms with E-state index in [9.17, 15) is 19.7 Å². The summed E-state index contributed by atoms with van der Waals surface area (Å²) in [6, 6.07) is 9.95. The molecule has 9 nitrogen and oxygen atoms in total. The fourth-order valence-electron chi connectivity index (χ4n) is 3.66. The van der Waals surface area contributed by atoms with Gasteiger partial charge in [-0.2, -0.15) is 0 Å². The Hall–Kier alpha value is -3.33. The number of rotatable bonds is 8. The maximum absolute atomic E-state index is 12.5. The highest BCUT2D eigenvalue weighted by Crippen LogP contribution is 2.32. The molecule has 34 heavy (non-hydrogen) atoms. The Kier molecular flexibility index (Phi) is 8.33. The minimum atomic E-state index is -0.625. The summed E-state index contributed by atoms with van der Waals surface area (Å²) in [5.41, 5.74) is 2.64. The lowest BCUT2D eigenvalue weighted by Crippen LogP contribution is -2.50. The van der Waals surface area contributed by atoms with E-state index in [0.29, 0.717) is 37.0 Å². The predicted molar refractivity (Wildman–Crippen MR) is 129 cm³/mol. The predicted octanol–water partition coefficient (Wildman–Crippen LogP) is 3.95. The third-order valence-corrected chi connectivity index (χ3v) is 6.08. The van der Waals surface area contributed by atoms with Gasteiger partial charge in [0.25, 0.3) is 11.6 Å². The Balaban J connectivity index is 1.44. The standard InChI is InChI=1S/C24H28ClN3O6/c1-16(2)20-13-21(25)17(3)12-22(20)33-15-24(30)34-14-23(29)27-10-8-26(9-11-27)18-4-6-19(7-5-18)28(31)32/h4-7,12-13,16H,8-11,14-15H2,1-3H3. The summed E-state index contributed by atoms with van der Waals surface area (Å²) < 4.78 is 10.8. The van der Waals surface area contributed by atoms with Gasteiger partial charge in [0.1, 0.15) is 5.75 Å². The Morgan fingerprint density at radius 2 is 1.74 bits per heavy atom. The van der Waals surface area contributed by atoms with Crippen molar-refractivity contribution in [2.24, 2.45) is 0 Å². The maximum atomic E-state index is 12.5. The molecule has 0 aliphatic carbocycles. The number of esters is 1. The smallest absolute Gasteiger partial charge is 0.344 e. The molecule has 1 aliphatic heterocycles. The number of non-ortho nitro benzene ring substituents is 1. The first kappa shape index (κ1) is 25.3. The summed E-state index contributed by atoms with van der Waals surface area (Å²) in [5.74, 6) is -0.167. The van der Waals surface area contributed by atoms with Gasteiger partial charge in [-0.05, 0) is 48.2 Å². The van der Waals surface area contributed by atoms with Crippen molar-refractivity contribution in [2.45, 2.75) is 26.7 Å². The molecular weight excluding hydrogens is 462 g/mol. The molecule has 0 bridgehead atoms. The monoisotopic (exact) mass is 489 g/mol. The van der Waals surface area contributed by atoms with Crippen molar-refractivity contribution in [1.29, 1.82) is 0 Å². The third kappa shape index (κ3) is 6.38. The molecule has 0 spiro atoms. The molecule has 0 atom stereocenters. The minimum absolute atomic E-state index is 0.0370. The van der Waals surface area contributed by atoms with Gasteiger partial charge in [0.2, 0.25) is 0 Å². The van der Waals surface area contributed by atoms with E-state index in [0.717, 1.165) is 16.8 Å². The van der Waals surface area contributed by atoms with Gasteiger partial charge in [-0.3, -0.25) is 14.9 Å². The molecule has 2 aromatic carbocycles. The number of amides is 1. The number of anilines is 1. The van der Waals surface area contributed by atoms with Crippen molar-refractivity contribution in [2.75, 3.05) is 44.3 Å². The van der Waals surface area contributed by atoms with Crippen molar-refractivity contribution in [3.8, 4) is 5.75 Å². The van der Waals surface area contributed by atoms with Crippen LogP contribution in [0.2, 0.25) is 5.02 Å². The van der Waals surface area contributed by atoms with Crippen LogP contribution in [-0.4, -0.2) is 61.1 Å². The van der Waals surface area contributed by atoms with Gasteiger partial charge in [0.05, 0.1) is 4.92 Å². The first-order valence-electron chi connectivity index (χ1n) is 11.0. The minimum Gasteiger partial charge on any atom is -0.482 e. The maximum Gasteiger partial charge on any atom is 0.344 e. The van der Waals surface area contributed by atoms with E-state index in [1.54, 1.807) is 23.1 Å². The van der Waals surface area contributed by atoms with E-state index >= 15 is 0 Å². The van der Waals surface area contributed by atoms with Crippen LogP contribution in [0.25, 0.3) is 0 Å². The third-order valence-electron chi connectivity index (χ3n) is 5.67. The fourth-order valence-corrected chi connectivity index (χ4v) is 3.83. The first-order valence-corrected chi connectivity index (χ1v) is 11.4. The number of halogens is 1. The Morgan fingerprint density at radius 1 is 1.09 bits per heavy atom. The highest BCUT2D eigenvalue weighted by molar-refractivity contribution is 6.31. The second-order valence-electron chi connectivity index (χ2n) is 8.38. The van der Waals surface area contributed by atoms with Crippen LogP contribution in [0.3, 0.4) is 0 Å².